The predicted octanol–water partition coefficient (Wildman–Crippen LogP) is -0.703. The lowest BCUT2D eigenvalue weighted by Crippen LogP contribution is -2.30. The molecule has 0 aromatic rings. The molecule has 3 N–H and O–H groups in total. The summed E-state index contributed by atoms with van der Waals surface area (Å²) < 4.78 is 0. The third kappa shape index (κ3) is 4.34. The number of rotatable bonds is 4. The summed E-state index contributed by atoms with van der Waals surface area (Å²) in [5.74, 6) is -0.152. The fourth-order valence-electron chi connectivity index (χ4n) is 0.373. The van der Waals surface area contributed by atoms with Gasteiger partial charge in [0.1, 0.15) is 6.29 Å². The molecule has 0 aliphatic carbocycles. The van der Waals surface area contributed by atoms with Crippen LogP contribution in [0.3, 0.4) is 0 Å². The van der Waals surface area contributed by atoms with Gasteiger partial charge in [0.25, 0.3) is 0 Å². The van der Waals surface area contributed by atoms with Gasteiger partial charge in [0.05, 0.1) is 5.25 Å². The fourth-order valence-corrected chi connectivity index (χ4v) is 0.616. The standard InChI is InChI=1S/C5H10N2O2S/c1-4(9)7-2-5(3-8)10-6/h3,5H,2,6H2,1H3,(H,7,9). The van der Waals surface area contributed by atoms with Gasteiger partial charge >= 0.3 is 0 Å². The van der Waals surface area contributed by atoms with E-state index in [4.69, 9.17) is 5.14 Å². The van der Waals surface area contributed by atoms with Gasteiger partial charge in [0, 0.05) is 13.5 Å². The molecule has 0 rings (SSSR count). The molecule has 0 bridgehead atoms. The number of nitrogens with two attached hydrogens (primary N) is 1. The molecule has 0 aliphatic rings. The minimum atomic E-state index is -0.330. The number of hydrogen-bond acceptors (Lipinski definition) is 4. The van der Waals surface area contributed by atoms with E-state index in [1.807, 2.05) is 0 Å². The number of aldehydes is 1. The first kappa shape index (κ1) is 9.45. The molecule has 0 saturated carbocycles. The maximum absolute atomic E-state index is 10.3. The Bertz CT molecular complexity index is 129. The van der Waals surface area contributed by atoms with E-state index in [-0.39, 0.29) is 11.2 Å². The van der Waals surface area contributed by atoms with Crippen LogP contribution in [0, 0.1) is 0 Å². The number of amides is 1. The molecular weight excluding hydrogens is 152 g/mol. The molecule has 0 aliphatic heterocycles. The monoisotopic (exact) mass is 162 g/mol. The van der Waals surface area contributed by atoms with E-state index in [9.17, 15) is 9.59 Å². The molecule has 0 radical (unpaired) electrons. The van der Waals surface area contributed by atoms with E-state index >= 15 is 0 Å². The first-order valence-electron chi connectivity index (χ1n) is 2.76. The van der Waals surface area contributed by atoms with Gasteiger partial charge in [-0.05, 0) is 0 Å². The van der Waals surface area contributed by atoms with E-state index in [0.29, 0.717) is 12.8 Å². The molecule has 0 spiro atoms. The van der Waals surface area contributed by atoms with Crippen molar-refractivity contribution < 1.29 is 9.59 Å². The SMILES string of the molecule is CC(=O)NCC(C=O)SN. The first-order chi connectivity index (χ1) is 4.70. The summed E-state index contributed by atoms with van der Waals surface area (Å²) in [5, 5.41) is 7.25. The Morgan fingerprint density at radius 2 is 2.50 bits per heavy atom. The molecule has 1 atom stereocenters. The molecule has 58 valence electrons. The number of carbonyl (C=O) groups is 2. The van der Waals surface area contributed by atoms with Crippen molar-refractivity contribution in [3.8, 4) is 0 Å². The highest BCUT2D eigenvalue weighted by Crippen LogP contribution is 1.95. The van der Waals surface area contributed by atoms with Crippen LogP contribution in [-0.2, 0) is 9.59 Å². The van der Waals surface area contributed by atoms with Gasteiger partial charge in [-0.15, -0.1) is 0 Å². The van der Waals surface area contributed by atoms with Gasteiger partial charge in [-0.2, -0.15) is 0 Å². The summed E-state index contributed by atoms with van der Waals surface area (Å²) in [6.07, 6.45) is 0.709. The molecule has 0 aromatic carbocycles. The van der Waals surface area contributed by atoms with Crippen molar-refractivity contribution >= 4 is 24.1 Å². The van der Waals surface area contributed by atoms with Gasteiger partial charge in [0.2, 0.25) is 5.91 Å². The Labute approximate surface area is 63.7 Å². The average molecular weight is 162 g/mol. The van der Waals surface area contributed by atoms with Gasteiger partial charge in [-0.3, -0.25) is 9.93 Å². The van der Waals surface area contributed by atoms with Crippen molar-refractivity contribution in [1.82, 2.24) is 5.32 Å². The smallest absolute Gasteiger partial charge is 0.216 e. The lowest BCUT2D eigenvalue weighted by molar-refractivity contribution is -0.118. The van der Waals surface area contributed by atoms with Crippen LogP contribution in [0.5, 0.6) is 0 Å². The zero-order chi connectivity index (χ0) is 7.98. The van der Waals surface area contributed by atoms with Gasteiger partial charge in [-0.25, -0.2) is 0 Å². The number of nitrogens with one attached hydrogen (secondary N) is 1. The molecule has 5 heteroatoms. The topological polar surface area (TPSA) is 72.2 Å². The Morgan fingerprint density at radius 1 is 1.90 bits per heavy atom. The van der Waals surface area contributed by atoms with Crippen molar-refractivity contribution in [2.45, 2.75) is 12.2 Å². The molecule has 10 heavy (non-hydrogen) atoms. The zero-order valence-corrected chi connectivity index (χ0v) is 6.48. The van der Waals surface area contributed by atoms with E-state index in [1.54, 1.807) is 0 Å². The lowest BCUT2D eigenvalue weighted by Gasteiger charge is -2.05. The zero-order valence-electron chi connectivity index (χ0n) is 5.66. The number of carbonyl (C=O) groups excluding carboxylic acids is 2. The van der Waals surface area contributed by atoms with Crippen molar-refractivity contribution in [1.29, 1.82) is 0 Å². The van der Waals surface area contributed by atoms with Gasteiger partial charge in [0.15, 0.2) is 0 Å². The average Bonchev–Trinajstić information content (AvgIpc) is 1.90. The summed E-state index contributed by atoms with van der Waals surface area (Å²) in [7, 11) is 0. The second kappa shape index (κ2) is 5.25. The molecule has 0 aromatic heterocycles. The first-order valence-corrected chi connectivity index (χ1v) is 3.70. The van der Waals surface area contributed by atoms with Crippen LogP contribution in [-0.4, -0.2) is 24.0 Å². The van der Waals surface area contributed by atoms with Crippen molar-refractivity contribution in [2.75, 3.05) is 6.54 Å². The highest BCUT2D eigenvalue weighted by molar-refractivity contribution is 7.98. The van der Waals surface area contributed by atoms with Crippen LogP contribution in [0.1, 0.15) is 6.92 Å². The Kier molecular flexibility index (Phi) is 4.96. The molecular formula is C5H10N2O2S. The van der Waals surface area contributed by atoms with E-state index in [0.717, 1.165) is 11.9 Å². The van der Waals surface area contributed by atoms with E-state index in [1.165, 1.54) is 6.92 Å². The Balaban J connectivity index is 3.44. The maximum atomic E-state index is 10.3. The quantitative estimate of drug-likeness (QED) is 0.423. The summed E-state index contributed by atoms with van der Waals surface area (Å²) >= 11 is 0.929. The Hall–Kier alpha value is -0.550. The molecule has 0 heterocycles. The maximum Gasteiger partial charge on any atom is 0.216 e. The molecule has 1 unspecified atom stereocenters. The molecule has 1 amide bonds. The molecule has 4 nitrogen and oxygen atoms in total. The van der Waals surface area contributed by atoms with Crippen molar-refractivity contribution in [3.05, 3.63) is 0 Å². The van der Waals surface area contributed by atoms with Crippen LogP contribution >= 0.6 is 11.9 Å². The predicted molar refractivity (Wildman–Crippen MR) is 40.3 cm³/mol. The third-order valence-corrected chi connectivity index (χ3v) is 1.51. The highest BCUT2D eigenvalue weighted by Gasteiger charge is 2.04. The Morgan fingerprint density at radius 3 is 2.80 bits per heavy atom. The molecule has 0 saturated heterocycles. The van der Waals surface area contributed by atoms with Gasteiger partial charge in [-0.1, -0.05) is 11.9 Å². The fraction of sp³-hybridized carbons (Fsp3) is 0.600. The van der Waals surface area contributed by atoms with Gasteiger partial charge < -0.3 is 10.1 Å². The van der Waals surface area contributed by atoms with Crippen LogP contribution in [0.25, 0.3) is 0 Å². The van der Waals surface area contributed by atoms with Crippen LogP contribution in [0.4, 0.5) is 0 Å². The summed E-state index contributed by atoms with van der Waals surface area (Å²) in [6, 6.07) is 0. The summed E-state index contributed by atoms with van der Waals surface area (Å²) in [4.78, 5) is 20.4. The largest absolute Gasteiger partial charge is 0.355 e. The van der Waals surface area contributed by atoms with Crippen LogP contribution in [0.15, 0.2) is 0 Å². The second-order valence-corrected chi connectivity index (χ2v) is 2.63. The second-order valence-electron chi connectivity index (χ2n) is 1.75. The molecule has 0 fully saturated rings. The summed E-state index contributed by atoms with van der Waals surface area (Å²) in [6.45, 7) is 1.70. The number of hydrogen-bond donors (Lipinski definition) is 2. The van der Waals surface area contributed by atoms with Crippen molar-refractivity contribution in [3.63, 3.8) is 0 Å². The summed E-state index contributed by atoms with van der Waals surface area (Å²) in [5.41, 5.74) is 0. The van der Waals surface area contributed by atoms with E-state index < -0.39 is 0 Å². The highest BCUT2D eigenvalue weighted by atomic mass is 32.2. The van der Waals surface area contributed by atoms with E-state index in [2.05, 4.69) is 5.32 Å². The third-order valence-electron chi connectivity index (χ3n) is 0.879. The van der Waals surface area contributed by atoms with Crippen molar-refractivity contribution in [2.24, 2.45) is 5.14 Å². The minimum absolute atomic E-state index is 0.152. The lowest BCUT2D eigenvalue weighted by atomic mass is 10.4. The minimum Gasteiger partial charge on any atom is -0.355 e. The normalized spacial score (nSPS) is 12.2. The van der Waals surface area contributed by atoms with Crippen LogP contribution in [0.2, 0.25) is 0 Å². The van der Waals surface area contributed by atoms with Crippen LogP contribution < -0.4 is 10.5 Å².